The fourth-order valence-corrected chi connectivity index (χ4v) is 1.53. The van der Waals surface area contributed by atoms with Gasteiger partial charge in [0, 0.05) is 6.54 Å². The van der Waals surface area contributed by atoms with Crippen molar-refractivity contribution in [3.05, 3.63) is 47.3 Å². The van der Waals surface area contributed by atoms with E-state index >= 15 is 0 Å². The number of carbonyl (C=O) groups excluding carboxylic acids is 1. The zero-order chi connectivity index (χ0) is 13.0. The van der Waals surface area contributed by atoms with Crippen molar-refractivity contribution in [3.8, 4) is 5.75 Å². The van der Waals surface area contributed by atoms with E-state index in [-0.39, 0.29) is 5.91 Å². The highest BCUT2D eigenvalue weighted by molar-refractivity contribution is 5.94. The van der Waals surface area contributed by atoms with Gasteiger partial charge in [-0.25, -0.2) is 0 Å². The van der Waals surface area contributed by atoms with Crippen molar-refractivity contribution in [2.75, 3.05) is 7.11 Å². The van der Waals surface area contributed by atoms with E-state index in [0.717, 1.165) is 11.3 Å². The minimum Gasteiger partial charge on any atom is -0.497 e. The Morgan fingerprint density at radius 1 is 1.39 bits per heavy atom. The summed E-state index contributed by atoms with van der Waals surface area (Å²) in [4.78, 5) is 11.8. The maximum Gasteiger partial charge on any atom is 0.256 e. The minimum absolute atomic E-state index is 0.190. The molecular formula is C13H14N2O3. The van der Waals surface area contributed by atoms with Gasteiger partial charge in [-0.2, -0.15) is 0 Å². The van der Waals surface area contributed by atoms with Gasteiger partial charge in [-0.1, -0.05) is 17.3 Å². The van der Waals surface area contributed by atoms with Gasteiger partial charge in [-0.15, -0.1) is 0 Å². The first-order chi connectivity index (χ1) is 8.70. The lowest BCUT2D eigenvalue weighted by atomic mass is 10.2. The molecule has 2 aromatic rings. The molecule has 18 heavy (non-hydrogen) atoms. The number of aromatic nitrogens is 1. The molecule has 0 fully saturated rings. The van der Waals surface area contributed by atoms with E-state index in [1.165, 1.54) is 6.26 Å². The second kappa shape index (κ2) is 5.35. The normalized spacial score (nSPS) is 10.1. The predicted octanol–water partition coefficient (Wildman–Crippen LogP) is 1.92. The fourth-order valence-electron chi connectivity index (χ4n) is 1.53. The van der Waals surface area contributed by atoms with E-state index in [4.69, 9.17) is 9.26 Å². The summed E-state index contributed by atoms with van der Waals surface area (Å²) in [6.07, 6.45) is 1.35. The fraction of sp³-hybridized carbons (Fsp3) is 0.231. The van der Waals surface area contributed by atoms with Crippen LogP contribution in [0, 0.1) is 6.92 Å². The van der Waals surface area contributed by atoms with Gasteiger partial charge in [0.05, 0.1) is 12.8 Å². The highest BCUT2D eigenvalue weighted by Crippen LogP contribution is 2.11. The molecule has 1 N–H and O–H groups in total. The Balaban J connectivity index is 1.95. The molecule has 0 unspecified atom stereocenters. The minimum atomic E-state index is -0.190. The SMILES string of the molecule is COc1ccc(CNC(=O)c2conc2C)cc1. The summed E-state index contributed by atoms with van der Waals surface area (Å²) < 4.78 is 9.78. The van der Waals surface area contributed by atoms with Gasteiger partial charge >= 0.3 is 0 Å². The smallest absolute Gasteiger partial charge is 0.256 e. The van der Waals surface area contributed by atoms with Crippen LogP contribution in [-0.2, 0) is 6.54 Å². The number of amides is 1. The van der Waals surface area contributed by atoms with Gasteiger partial charge in [0.15, 0.2) is 0 Å². The molecule has 0 aliphatic heterocycles. The molecule has 5 nitrogen and oxygen atoms in total. The monoisotopic (exact) mass is 246 g/mol. The first-order valence-corrected chi connectivity index (χ1v) is 5.53. The van der Waals surface area contributed by atoms with Crippen LogP contribution < -0.4 is 10.1 Å². The Labute approximate surface area is 105 Å². The zero-order valence-electron chi connectivity index (χ0n) is 10.3. The molecule has 94 valence electrons. The second-order valence-corrected chi connectivity index (χ2v) is 3.84. The zero-order valence-corrected chi connectivity index (χ0v) is 10.3. The van der Waals surface area contributed by atoms with E-state index in [1.807, 2.05) is 24.3 Å². The largest absolute Gasteiger partial charge is 0.497 e. The van der Waals surface area contributed by atoms with Crippen LogP contribution in [-0.4, -0.2) is 18.2 Å². The van der Waals surface area contributed by atoms with Crippen LogP contribution >= 0.6 is 0 Å². The third kappa shape index (κ3) is 2.68. The number of hydrogen-bond donors (Lipinski definition) is 1. The Bertz CT molecular complexity index is 531. The van der Waals surface area contributed by atoms with Gasteiger partial charge in [0.1, 0.15) is 17.6 Å². The average Bonchev–Trinajstić information content (AvgIpc) is 2.83. The average molecular weight is 246 g/mol. The quantitative estimate of drug-likeness (QED) is 0.895. The number of rotatable bonds is 4. The van der Waals surface area contributed by atoms with Gasteiger partial charge in [-0.05, 0) is 24.6 Å². The molecule has 1 aromatic carbocycles. The van der Waals surface area contributed by atoms with Gasteiger partial charge in [0.2, 0.25) is 0 Å². The molecule has 2 rings (SSSR count). The van der Waals surface area contributed by atoms with Crippen molar-refractivity contribution in [2.45, 2.75) is 13.5 Å². The van der Waals surface area contributed by atoms with Crippen molar-refractivity contribution < 1.29 is 14.1 Å². The lowest BCUT2D eigenvalue weighted by Gasteiger charge is -2.05. The summed E-state index contributed by atoms with van der Waals surface area (Å²) in [5.74, 6) is 0.601. The number of aryl methyl sites for hydroxylation is 1. The van der Waals surface area contributed by atoms with Crippen molar-refractivity contribution >= 4 is 5.91 Å². The van der Waals surface area contributed by atoms with Crippen LogP contribution in [0.5, 0.6) is 5.75 Å². The van der Waals surface area contributed by atoms with Crippen LogP contribution in [0.4, 0.5) is 0 Å². The Morgan fingerprint density at radius 2 is 2.11 bits per heavy atom. The van der Waals surface area contributed by atoms with Crippen molar-refractivity contribution in [1.82, 2.24) is 10.5 Å². The summed E-state index contributed by atoms with van der Waals surface area (Å²) in [7, 11) is 1.62. The van der Waals surface area contributed by atoms with E-state index in [0.29, 0.717) is 17.8 Å². The molecule has 0 spiro atoms. The van der Waals surface area contributed by atoms with Gasteiger partial charge < -0.3 is 14.6 Å². The molecule has 1 heterocycles. The van der Waals surface area contributed by atoms with Crippen molar-refractivity contribution in [2.24, 2.45) is 0 Å². The van der Waals surface area contributed by atoms with Crippen LogP contribution in [0.3, 0.4) is 0 Å². The number of benzene rings is 1. The maximum atomic E-state index is 11.8. The summed E-state index contributed by atoms with van der Waals surface area (Å²) in [6, 6.07) is 7.51. The molecule has 5 heteroatoms. The summed E-state index contributed by atoms with van der Waals surface area (Å²) in [5, 5.41) is 6.46. The van der Waals surface area contributed by atoms with Crippen LogP contribution in [0.2, 0.25) is 0 Å². The first-order valence-electron chi connectivity index (χ1n) is 5.53. The van der Waals surface area contributed by atoms with Crippen molar-refractivity contribution in [3.63, 3.8) is 0 Å². The number of hydrogen-bond acceptors (Lipinski definition) is 4. The van der Waals surface area contributed by atoms with Crippen LogP contribution in [0.15, 0.2) is 35.1 Å². The Morgan fingerprint density at radius 3 is 2.67 bits per heavy atom. The molecule has 0 saturated heterocycles. The third-order valence-electron chi connectivity index (χ3n) is 2.61. The first kappa shape index (κ1) is 12.2. The highest BCUT2D eigenvalue weighted by Gasteiger charge is 2.11. The molecule has 0 aliphatic rings. The standard InChI is InChI=1S/C13H14N2O3/c1-9-12(8-18-15-9)13(16)14-7-10-3-5-11(17-2)6-4-10/h3-6,8H,7H2,1-2H3,(H,14,16). The lowest BCUT2D eigenvalue weighted by molar-refractivity contribution is 0.0950. The summed E-state index contributed by atoms with van der Waals surface area (Å²) in [5.41, 5.74) is 2.05. The van der Waals surface area contributed by atoms with Gasteiger partial charge in [0.25, 0.3) is 5.91 Å². The van der Waals surface area contributed by atoms with E-state index < -0.39 is 0 Å². The second-order valence-electron chi connectivity index (χ2n) is 3.84. The molecule has 1 aromatic heterocycles. The molecular weight excluding hydrogens is 232 g/mol. The molecule has 1 amide bonds. The third-order valence-corrected chi connectivity index (χ3v) is 2.61. The molecule has 0 radical (unpaired) electrons. The highest BCUT2D eigenvalue weighted by atomic mass is 16.5. The van der Waals surface area contributed by atoms with E-state index in [1.54, 1.807) is 14.0 Å². The maximum absolute atomic E-state index is 11.8. The lowest BCUT2D eigenvalue weighted by Crippen LogP contribution is -2.23. The molecule has 0 bridgehead atoms. The Kier molecular flexibility index (Phi) is 3.62. The number of nitrogens with one attached hydrogen (secondary N) is 1. The number of methoxy groups -OCH3 is 1. The van der Waals surface area contributed by atoms with E-state index in [2.05, 4.69) is 10.5 Å². The topological polar surface area (TPSA) is 64.4 Å². The number of nitrogens with zero attached hydrogens (tertiary/aromatic N) is 1. The summed E-state index contributed by atoms with van der Waals surface area (Å²) in [6.45, 7) is 2.18. The van der Waals surface area contributed by atoms with Crippen molar-refractivity contribution in [1.29, 1.82) is 0 Å². The Hall–Kier alpha value is -2.30. The number of carbonyl (C=O) groups is 1. The van der Waals surface area contributed by atoms with Crippen LogP contribution in [0.25, 0.3) is 0 Å². The molecule has 0 saturated carbocycles. The number of ether oxygens (including phenoxy) is 1. The van der Waals surface area contributed by atoms with Gasteiger partial charge in [-0.3, -0.25) is 4.79 Å². The van der Waals surface area contributed by atoms with Crippen LogP contribution in [0.1, 0.15) is 21.6 Å². The summed E-state index contributed by atoms with van der Waals surface area (Å²) >= 11 is 0. The molecule has 0 aliphatic carbocycles. The predicted molar refractivity (Wildman–Crippen MR) is 65.4 cm³/mol. The van der Waals surface area contributed by atoms with E-state index in [9.17, 15) is 4.79 Å². The molecule has 0 atom stereocenters.